The molecule has 32 heavy (non-hydrogen) atoms. The highest BCUT2D eigenvalue weighted by molar-refractivity contribution is 5.77. The van der Waals surface area contributed by atoms with E-state index in [0.29, 0.717) is 6.61 Å². The molecule has 0 saturated carbocycles. The second-order valence-electron chi connectivity index (χ2n) is 10.1. The zero-order chi connectivity index (χ0) is 22.8. The molecule has 0 amide bonds. The smallest absolute Gasteiger partial charge is 0.182 e. The van der Waals surface area contributed by atoms with Crippen molar-refractivity contribution in [2.45, 2.75) is 53.2 Å². The first-order valence-electron chi connectivity index (χ1n) is 11.1. The summed E-state index contributed by atoms with van der Waals surface area (Å²) in [7, 11) is 0. The summed E-state index contributed by atoms with van der Waals surface area (Å²) < 4.78 is 8.27. The summed E-state index contributed by atoms with van der Waals surface area (Å²) >= 11 is 0. The molecule has 0 atom stereocenters. The number of benzene rings is 1. The molecule has 0 unspecified atom stereocenters. The van der Waals surface area contributed by atoms with Crippen molar-refractivity contribution in [3.05, 3.63) is 78.6 Å². The topological polar surface area (TPSA) is 51.5 Å². The maximum Gasteiger partial charge on any atom is 0.182 e. The van der Waals surface area contributed by atoms with Crippen LogP contribution < -0.4 is 10.1 Å². The Kier molecular flexibility index (Phi) is 5.92. The minimum absolute atomic E-state index is 0.140. The highest BCUT2D eigenvalue weighted by atomic mass is 16.5. The van der Waals surface area contributed by atoms with E-state index >= 15 is 0 Å². The van der Waals surface area contributed by atoms with Gasteiger partial charge in [0.05, 0.1) is 5.69 Å². The molecule has 1 aromatic carbocycles. The summed E-state index contributed by atoms with van der Waals surface area (Å²) in [6.07, 6.45) is 4.83. The van der Waals surface area contributed by atoms with Crippen LogP contribution in [0.4, 0.5) is 5.82 Å². The van der Waals surface area contributed by atoms with Gasteiger partial charge in [-0.2, -0.15) is 0 Å². The Balaban J connectivity index is 1.76. The molecular formula is C27H32N4O. The molecule has 5 heteroatoms. The summed E-state index contributed by atoms with van der Waals surface area (Å²) in [6.45, 7) is 11.7. The predicted octanol–water partition coefficient (Wildman–Crippen LogP) is 6.60. The van der Waals surface area contributed by atoms with Crippen molar-refractivity contribution < 1.29 is 4.74 Å². The summed E-state index contributed by atoms with van der Waals surface area (Å²) in [4.78, 5) is 9.56. The third-order valence-corrected chi connectivity index (χ3v) is 5.19. The van der Waals surface area contributed by atoms with E-state index in [9.17, 15) is 0 Å². The average Bonchev–Trinajstić information content (AvgIpc) is 3.10. The normalized spacial score (nSPS) is 12.2. The summed E-state index contributed by atoms with van der Waals surface area (Å²) in [6, 6.07) is 20.0. The van der Waals surface area contributed by atoms with Gasteiger partial charge in [0.15, 0.2) is 11.4 Å². The molecule has 3 heterocycles. The fraction of sp³-hybridized carbons (Fsp3) is 0.333. The minimum atomic E-state index is -0.140. The Morgan fingerprint density at radius 3 is 2.34 bits per heavy atom. The van der Waals surface area contributed by atoms with Crippen molar-refractivity contribution in [3.63, 3.8) is 0 Å². The second kappa shape index (κ2) is 8.65. The van der Waals surface area contributed by atoms with Crippen LogP contribution in [-0.4, -0.2) is 19.9 Å². The zero-order valence-electron chi connectivity index (χ0n) is 19.6. The van der Waals surface area contributed by atoms with Gasteiger partial charge >= 0.3 is 0 Å². The fourth-order valence-corrected chi connectivity index (χ4v) is 4.38. The first-order chi connectivity index (χ1) is 15.2. The zero-order valence-corrected chi connectivity index (χ0v) is 19.6. The number of nitrogens with zero attached hydrogens (tertiary/aromatic N) is 3. The lowest BCUT2D eigenvalue weighted by molar-refractivity contribution is 0.301. The van der Waals surface area contributed by atoms with Gasteiger partial charge in [0.2, 0.25) is 0 Å². The van der Waals surface area contributed by atoms with Gasteiger partial charge < -0.3 is 10.1 Å². The number of ether oxygens (including phenoxy) is 1. The molecule has 1 N–H and O–H groups in total. The van der Waals surface area contributed by atoms with Crippen LogP contribution in [-0.2, 0) is 6.61 Å². The second-order valence-corrected chi connectivity index (χ2v) is 10.1. The molecule has 0 spiro atoms. The average molecular weight is 429 g/mol. The SMILES string of the molecule is CC(C)(C)CC(C)(C)Nc1c(-c2ccccn2)nc2c(OCc3ccccc3)cccn12. The Morgan fingerprint density at radius 2 is 1.66 bits per heavy atom. The first kappa shape index (κ1) is 21.9. The molecule has 166 valence electrons. The van der Waals surface area contributed by atoms with E-state index in [1.807, 2.05) is 54.7 Å². The van der Waals surface area contributed by atoms with Gasteiger partial charge in [-0.3, -0.25) is 9.38 Å². The molecule has 0 bridgehead atoms. The van der Waals surface area contributed by atoms with Crippen molar-refractivity contribution >= 4 is 11.5 Å². The van der Waals surface area contributed by atoms with Crippen molar-refractivity contribution in [1.82, 2.24) is 14.4 Å². The Bertz CT molecular complexity index is 1170. The molecule has 4 aromatic rings. The number of pyridine rings is 2. The van der Waals surface area contributed by atoms with Gasteiger partial charge in [0, 0.05) is 17.9 Å². The summed E-state index contributed by atoms with van der Waals surface area (Å²) in [5, 5.41) is 3.77. The van der Waals surface area contributed by atoms with E-state index in [4.69, 9.17) is 9.72 Å². The van der Waals surface area contributed by atoms with Gasteiger partial charge in [-0.25, -0.2) is 4.98 Å². The van der Waals surface area contributed by atoms with E-state index in [-0.39, 0.29) is 11.0 Å². The number of nitrogens with one attached hydrogen (secondary N) is 1. The number of rotatable bonds is 7. The van der Waals surface area contributed by atoms with Crippen LogP contribution >= 0.6 is 0 Å². The molecule has 3 aromatic heterocycles. The number of fused-ring (bicyclic) bond motifs is 1. The lowest BCUT2D eigenvalue weighted by Crippen LogP contribution is -2.36. The third-order valence-electron chi connectivity index (χ3n) is 5.19. The van der Waals surface area contributed by atoms with Crippen LogP contribution in [0.15, 0.2) is 73.1 Å². The minimum Gasteiger partial charge on any atom is -0.485 e. The van der Waals surface area contributed by atoms with Crippen LogP contribution in [0, 0.1) is 5.41 Å². The molecule has 0 radical (unpaired) electrons. The van der Waals surface area contributed by atoms with Crippen LogP contribution in [0.3, 0.4) is 0 Å². The standard InChI is InChI=1S/C27H32N4O/c1-26(2,3)19-27(4,5)30-25-23(21-14-9-10-16-28-21)29-24-22(15-11-17-31(24)25)32-18-20-12-7-6-8-13-20/h6-17,30H,18-19H2,1-5H3. The van der Waals surface area contributed by atoms with Crippen LogP contribution in [0.1, 0.15) is 46.6 Å². The molecular weight excluding hydrogens is 396 g/mol. The maximum absolute atomic E-state index is 6.19. The van der Waals surface area contributed by atoms with Gasteiger partial charge in [-0.1, -0.05) is 57.2 Å². The van der Waals surface area contributed by atoms with Crippen molar-refractivity contribution in [2.24, 2.45) is 5.41 Å². The van der Waals surface area contributed by atoms with Crippen LogP contribution in [0.2, 0.25) is 0 Å². The van der Waals surface area contributed by atoms with Crippen molar-refractivity contribution in [1.29, 1.82) is 0 Å². The van der Waals surface area contributed by atoms with Crippen LogP contribution in [0.5, 0.6) is 5.75 Å². The van der Waals surface area contributed by atoms with Gasteiger partial charge in [0.1, 0.15) is 18.1 Å². The number of anilines is 1. The number of hydrogen-bond acceptors (Lipinski definition) is 4. The lowest BCUT2D eigenvalue weighted by Gasteiger charge is -2.34. The van der Waals surface area contributed by atoms with E-state index in [0.717, 1.165) is 40.6 Å². The fourth-order valence-electron chi connectivity index (χ4n) is 4.38. The van der Waals surface area contributed by atoms with E-state index in [1.165, 1.54) is 0 Å². The predicted molar refractivity (Wildman–Crippen MR) is 131 cm³/mol. The monoisotopic (exact) mass is 428 g/mol. The number of hydrogen-bond donors (Lipinski definition) is 1. The Labute approximate surface area is 190 Å². The van der Waals surface area contributed by atoms with Gasteiger partial charge in [-0.05, 0) is 55.5 Å². The molecule has 0 aliphatic heterocycles. The van der Waals surface area contributed by atoms with E-state index < -0.39 is 0 Å². The molecule has 0 aliphatic rings. The van der Waals surface area contributed by atoms with Gasteiger partial charge in [0.25, 0.3) is 0 Å². The summed E-state index contributed by atoms with van der Waals surface area (Å²) in [5.74, 6) is 1.67. The van der Waals surface area contributed by atoms with Crippen molar-refractivity contribution in [3.8, 4) is 17.1 Å². The quantitative estimate of drug-likeness (QED) is 0.360. The van der Waals surface area contributed by atoms with Crippen molar-refractivity contribution in [2.75, 3.05) is 5.32 Å². The number of imidazole rings is 1. The summed E-state index contributed by atoms with van der Waals surface area (Å²) in [5.41, 5.74) is 3.60. The first-order valence-corrected chi connectivity index (χ1v) is 11.1. The van der Waals surface area contributed by atoms with Crippen LogP contribution in [0.25, 0.3) is 17.0 Å². The van der Waals surface area contributed by atoms with E-state index in [2.05, 4.69) is 61.5 Å². The highest BCUT2D eigenvalue weighted by Crippen LogP contribution is 2.36. The molecule has 0 aliphatic carbocycles. The Hall–Kier alpha value is -3.34. The van der Waals surface area contributed by atoms with E-state index in [1.54, 1.807) is 6.20 Å². The largest absolute Gasteiger partial charge is 0.485 e. The molecule has 0 fully saturated rings. The van der Waals surface area contributed by atoms with Gasteiger partial charge in [-0.15, -0.1) is 0 Å². The molecule has 0 saturated heterocycles. The molecule has 4 rings (SSSR count). The lowest BCUT2D eigenvalue weighted by atomic mass is 9.82. The maximum atomic E-state index is 6.19. The third kappa shape index (κ3) is 5.10. The molecule has 5 nitrogen and oxygen atoms in total. The highest BCUT2D eigenvalue weighted by Gasteiger charge is 2.28. The Morgan fingerprint density at radius 1 is 0.906 bits per heavy atom. The number of aromatic nitrogens is 3.